The summed E-state index contributed by atoms with van der Waals surface area (Å²) in [6, 6.07) is 8.20. The van der Waals surface area contributed by atoms with Gasteiger partial charge in [0.1, 0.15) is 0 Å². The Morgan fingerprint density at radius 1 is 1.56 bits per heavy atom. The first-order valence-corrected chi connectivity index (χ1v) is 6.23. The number of hydrogen-bond acceptors (Lipinski definition) is 2. The van der Waals surface area contributed by atoms with E-state index in [9.17, 15) is 0 Å². The zero-order valence-electron chi connectivity index (χ0n) is 9.03. The summed E-state index contributed by atoms with van der Waals surface area (Å²) in [5, 5.41) is 0.781. The number of rotatable bonds is 3. The molecule has 2 N–H and O–H groups in total. The van der Waals surface area contributed by atoms with E-state index in [0.29, 0.717) is 4.99 Å². The monoisotopic (exact) mass is 254 g/mol. The Balaban J connectivity index is 2.06. The molecule has 1 saturated heterocycles. The molecule has 0 amide bonds. The van der Waals surface area contributed by atoms with Crippen molar-refractivity contribution in [3.05, 3.63) is 34.9 Å². The van der Waals surface area contributed by atoms with Crippen molar-refractivity contribution in [2.75, 3.05) is 6.54 Å². The van der Waals surface area contributed by atoms with Crippen LogP contribution >= 0.6 is 23.8 Å². The maximum absolute atomic E-state index is 5.96. The first kappa shape index (κ1) is 11.8. The van der Waals surface area contributed by atoms with Gasteiger partial charge < -0.3 is 5.73 Å². The minimum Gasteiger partial charge on any atom is -0.392 e. The molecular formula is C12H15ClN2S. The fraction of sp³-hybridized carbons (Fsp3) is 0.417. The summed E-state index contributed by atoms with van der Waals surface area (Å²) in [6.45, 7) is 1.94. The van der Waals surface area contributed by atoms with Crippen LogP contribution in [0, 0.1) is 0 Å². The summed E-state index contributed by atoms with van der Waals surface area (Å²) in [5.41, 5.74) is 6.95. The van der Waals surface area contributed by atoms with E-state index in [1.165, 1.54) is 12.0 Å². The first-order chi connectivity index (χ1) is 7.66. The first-order valence-electron chi connectivity index (χ1n) is 5.44. The van der Waals surface area contributed by atoms with Gasteiger partial charge in [0.2, 0.25) is 0 Å². The van der Waals surface area contributed by atoms with Crippen LogP contribution < -0.4 is 5.73 Å². The van der Waals surface area contributed by atoms with Gasteiger partial charge in [0.25, 0.3) is 0 Å². The third-order valence-corrected chi connectivity index (χ3v) is 3.47. The van der Waals surface area contributed by atoms with Crippen molar-refractivity contribution in [1.29, 1.82) is 0 Å². The van der Waals surface area contributed by atoms with E-state index in [1.807, 2.05) is 18.2 Å². The van der Waals surface area contributed by atoms with Crippen molar-refractivity contribution >= 4 is 28.8 Å². The molecule has 1 unspecified atom stereocenters. The molecule has 1 aromatic rings. The van der Waals surface area contributed by atoms with Crippen molar-refractivity contribution in [2.45, 2.75) is 25.4 Å². The Kier molecular flexibility index (Phi) is 3.79. The van der Waals surface area contributed by atoms with Gasteiger partial charge in [0.05, 0.1) is 11.0 Å². The number of likely N-dealkylation sites (tertiary alicyclic amines) is 1. The number of nitrogens with two attached hydrogens (primary N) is 1. The molecule has 2 nitrogen and oxygen atoms in total. The van der Waals surface area contributed by atoms with E-state index in [-0.39, 0.29) is 6.04 Å². The number of hydrogen-bond donors (Lipinski definition) is 1. The second-order valence-electron chi connectivity index (χ2n) is 4.16. The van der Waals surface area contributed by atoms with Gasteiger partial charge in [-0.2, -0.15) is 0 Å². The average Bonchev–Trinajstić information content (AvgIpc) is 2.66. The second-order valence-corrected chi connectivity index (χ2v) is 5.07. The number of benzene rings is 1. The fourth-order valence-corrected chi connectivity index (χ4v) is 2.69. The quantitative estimate of drug-likeness (QED) is 0.841. The van der Waals surface area contributed by atoms with Gasteiger partial charge in [-0.3, -0.25) is 4.90 Å². The Morgan fingerprint density at radius 2 is 2.38 bits per heavy atom. The molecule has 1 aliphatic heterocycles. The smallest absolute Gasteiger partial charge is 0.0902 e. The fourth-order valence-electron chi connectivity index (χ4n) is 2.21. The van der Waals surface area contributed by atoms with Gasteiger partial charge in [-0.1, -0.05) is 36.0 Å². The Hall–Kier alpha value is -0.640. The second kappa shape index (κ2) is 5.13. The molecule has 0 aromatic heterocycles. The largest absolute Gasteiger partial charge is 0.392 e. The van der Waals surface area contributed by atoms with E-state index in [4.69, 9.17) is 29.6 Å². The molecule has 0 radical (unpaired) electrons. The SMILES string of the molecule is NC(=S)C1CCCN1Cc1cccc(Cl)c1. The summed E-state index contributed by atoms with van der Waals surface area (Å²) in [6.07, 6.45) is 2.25. The molecule has 2 rings (SSSR count). The van der Waals surface area contributed by atoms with Gasteiger partial charge in [0, 0.05) is 11.6 Å². The standard InChI is InChI=1S/C12H15ClN2S/c13-10-4-1-3-9(7-10)8-15-6-2-5-11(15)12(14)16/h1,3-4,7,11H,2,5-6,8H2,(H2,14,16). The molecule has 1 aliphatic rings. The van der Waals surface area contributed by atoms with Crippen LogP contribution in [0.3, 0.4) is 0 Å². The lowest BCUT2D eigenvalue weighted by Gasteiger charge is -2.23. The maximum Gasteiger partial charge on any atom is 0.0902 e. The molecular weight excluding hydrogens is 240 g/mol. The summed E-state index contributed by atoms with van der Waals surface area (Å²) in [7, 11) is 0. The predicted octanol–water partition coefficient (Wildman–Crippen LogP) is 2.59. The molecule has 0 saturated carbocycles. The molecule has 1 heterocycles. The number of nitrogens with zero attached hydrogens (tertiary/aromatic N) is 1. The van der Waals surface area contributed by atoms with Crippen LogP contribution in [0.5, 0.6) is 0 Å². The van der Waals surface area contributed by atoms with E-state index >= 15 is 0 Å². The van der Waals surface area contributed by atoms with Crippen LogP contribution in [-0.4, -0.2) is 22.5 Å². The van der Waals surface area contributed by atoms with Gasteiger partial charge in [-0.25, -0.2) is 0 Å². The summed E-state index contributed by atoms with van der Waals surface area (Å²) >= 11 is 11.0. The topological polar surface area (TPSA) is 29.3 Å². The molecule has 16 heavy (non-hydrogen) atoms. The summed E-state index contributed by atoms with van der Waals surface area (Å²) in [4.78, 5) is 2.94. The van der Waals surface area contributed by atoms with Gasteiger partial charge >= 0.3 is 0 Å². The van der Waals surface area contributed by atoms with Gasteiger partial charge in [0.15, 0.2) is 0 Å². The third kappa shape index (κ3) is 2.73. The highest BCUT2D eigenvalue weighted by atomic mass is 35.5. The van der Waals surface area contributed by atoms with Crippen molar-refractivity contribution in [3.63, 3.8) is 0 Å². The van der Waals surface area contributed by atoms with Crippen molar-refractivity contribution in [1.82, 2.24) is 4.90 Å². The van der Waals surface area contributed by atoms with E-state index in [0.717, 1.165) is 24.5 Å². The van der Waals surface area contributed by atoms with Crippen LogP contribution in [0.4, 0.5) is 0 Å². The third-order valence-electron chi connectivity index (χ3n) is 2.97. The zero-order valence-corrected chi connectivity index (χ0v) is 10.6. The van der Waals surface area contributed by atoms with E-state index < -0.39 is 0 Å². The van der Waals surface area contributed by atoms with E-state index in [2.05, 4.69) is 11.0 Å². The van der Waals surface area contributed by atoms with Crippen LogP contribution in [-0.2, 0) is 6.54 Å². The summed E-state index contributed by atoms with van der Waals surface area (Å²) in [5.74, 6) is 0. The predicted molar refractivity (Wildman–Crippen MR) is 71.7 cm³/mol. The molecule has 86 valence electrons. The van der Waals surface area contributed by atoms with Gasteiger partial charge in [-0.05, 0) is 37.1 Å². The van der Waals surface area contributed by atoms with Crippen molar-refractivity contribution in [3.8, 4) is 0 Å². The van der Waals surface area contributed by atoms with Crippen LogP contribution in [0.25, 0.3) is 0 Å². The van der Waals surface area contributed by atoms with Crippen LogP contribution in [0.15, 0.2) is 24.3 Å². The van der Waals surface area contributed by atoms with Crippen LogP contribution in [0.2, 0.25) is 5.02 Å². The Morgan fingerprint density at radius 3 is 3.06 bits per heavy atom. The van der Waals surface area contributed by atoms with Crippen LogP contribution in [0.1, 0.15) is 18.4 Å². The Labute approximate surface area is 106 Å². The van der Waals surface area contributed by atoms with E-state index in [1.54, 1.807) is 0 Å². The van der Waals surface area contributed by atoms with Gasteiger partial charge in [-0.15, -0.1) is 0 Å². The highest BCUT2D eigenvalue weighted by molar-refractivity contribution is 7.80. The lowest BCUT2D eigenvalue weighted by molar-refractivity contribution is 0.295. The molecule has 0 aliphatic carbocycles. The lowest BCUT2D eigenvalue weighted by Crippen LogP contribution is -2.38. The molecule has 4 heteroatoms. The van der Waals surface area contributed by atoms with Crippen molar-refractivity contribution < 1.29 is 0 Å². The summed E-state index contributed by atoms with van der Waals surface area (Å²) < 4.78 is 0. The lowest BCUT2D eigenvalue weighted by atomic mass is 10.2. The number of halogens is 1. The normalized spacial score (nSPS) is 21.2. The molecule has 1 atom stereocenters. The minimum absolute atomic E-state index is 0.258. The minimum atomic E-state index is 0.258. The molecule has 1 aromatic carbocycles. The zero-order chi connectivity index (χ0) is 11.5. The molecule has 0 spiro atoms. The molecule has 1 fully saturated rings. The highest BCUT2D eigenvalue weighted by Gasteiger charge is 2.26. The highest BCUT2D eigenvalue weighted by Crippen LogP contribution is 2.21. The molecule has 0 bridgehead atoms. The maximum atomic E-state index is 5.96. The Bertz CT molecular complexity index is 394. The average molecular weight is 255 g/mol. The van der Waals surface area contributed by atoms with Crippen molar-refractivity contribution in [2.24, 2.45) is 5.73 Å². The number of thiocarbonyl (C=S) groups is 1.